The fourth-order valence-corrected chi connectivity index (χ4v) is 1.79. The number of fused-ring (bicyclic) bond motifs is 1. The SMILES string of the molecule is CN1CCC2=NCCCO[C@@H]2C1. The maximum absolute atomic E-state index is 5.70. The van der Waals surface area contributed by atoms with Gasteiger partial charge in [-0.3, -0.25) is 4.99 Å². The monoisotopic (exact) mass is 168 g/mol. The maximum atomic E-state index is 5.70. The van der Waals surface area contributed by atoms with Crippen LogP contribution in [0.4, 0.5) is 0 Å². The average molecular weight is 168 g/mol. The lowest BCUT2D eigenvalue weighted by Gasteiger charge is -2.30. The molecule has 0 saturated carbocycles. The summed E-state index contributed by atoms with van der Waals surface area (Å²) >= 11 is 0. The van der Waals surface area contributed by atoms with Gasteiger partial charge in [-0.15, -0.1) is 0 Å². The Bertz CT molecular complexity index is 191. The maximum Gasteiger partial charge on any atom is 0.108 e. The number of rotatable bonds is 0. The number of hydrogen-bond acceptors (Lipinski definition) is 3. The van der Waals surface area contributed by atoms with Crippen LogP contribution in [0.3, 0.4) is 0 Å². The molecule has 0 unspecified atom stereocenters. The topological polar surface area (TPSA) is 24.8 Å². The van der Waals surface area contributed by atoms with Gasteiger partial charge in [0.1, 0.15) is 6.10 Å². The first-order valence-electron chi connectivity index (χ1n) is 4.69. The van der Waals surface area contributed by atoms with Crippen LogP contribution in [0.2, 0.25) is 0 Å². The van der Waals surface area contributed by atoms with Crippen LogP contribution < -0.4 is 0 Å². The minimum Gasteiger partial charge on any atom is -0.371 e. The quantitative estimate of drug-likeness (QED) is 0.527. The molecular weight excluding hydrogens is 152 g/mol. The van der Waals surface area contributed by atoms with Crippen molar-refractivity contribution < 1.29 is 4.74 Å². The molecule has 1 saturated heterocycles. The summed E-state index contributed by atoms with van der Waals surface area (Å²) in [6.45, 7) is 4.01. The van der Waals surface area contributed by atoms with E-state index in [1.165, 1.54) is 5.71 Å². The lowest BCUT2D eigenvalue weighted by Crippen LogP contribution is -2.43. The Morgan fingerprint density at radius 2 is 2.50 bits per heavy atom. The highest BCUT2D eigenvalue weighted by Crippen LogP contribution is 2.12. The van der Waals surface area contributed by atoms with Gasteiger partial charge in [0.15, 0.2) is 0 Å². The van der Waals surface area contributed by atoms with Gasteiger partial charge in [-0.05, 0) is 13.5 Å². The van der Waals surface area contributed by atoms with Crippen LogP contribution in [-0.2, 0) is 4.74 Å². The predicted molar refractivity (Wildman–Crippen MR) is 48.8 cm³/mol. The van der Waals surface area contributed by atoms with Crippen LogP contribution in [-0.4, -0.2) is 50.0 Å². The van der Waals surface area contributed by atoms with Crippen LogP contribution in [0.5, 0.6) is 0 Å². The lowest BCUT2D eigenvalue weighted by molar-refractivity contribution is 0.0678. The van der Waals surface area contributed by atoms with Gasteiger partial charge in [-0.2, -0.15) is 0 Å². The van der Waals surface area contributed by atoms with Crippen LogP contribution >= 0.6 is 0 Å². The standard InChI is InChI=1S/C9H16N2O/c1-11-5-3-8-9(7-11)12-6-2-4-10-8/h9H,2-7H2,1H3/t9-/m1/s1. The van der Waals surface area contributed by atoms with Crippen molar-refractivity contribution in [1.82, 2.24) is 4.90 Å². The Morgan fingerprint density at radius 1 is 1.58 bits per heavy atom. The number of piperidine rings is 1. The molecule has 2 aliphatic rings. The molecule has 0 bridgehead atoms. The molecule has 2 heterocycles. The zero-order valence-corrected chi connectivity index (χ0v) is 7.62. The molecule has 0 aromatic heterocycles. The zero-order chi connectivity index (χ0) is 8.39. The highest BCUT2D eigenvalue weighted by atomic mass is 16.5. The number of likely N-dealkylation sites (tertiary alicyclic amines) is 1. The van der Waals surface area contributed by atoms with Gasteiger partial charge in [-0.1, -0.05) is 0 Å². The van der Waals surface area contributed by atoms with E-state index < -0.39 is 0 Å². The normalized spacial score (nSPS) is 32.1. The van der Waals surface area contributed by atoms with Crippen molar-refractivity contribution >= 4 is 5.71 Å². The summed E-state index contributed by atoms with van der Waals surface area (Å²) in [7, 11) is 2.14. The summed E-state index contributed by atoms with van der Waals surface area (Å²) in [5.41, 5.74) is 1.30. The van der Waals surface area contributed by atoms with E-state index in [4.69, 9.17) is 4.74 Å². The van der Waals surface area contributed by atoms with Crippen molar-refractivity contribution in [2.24, 2.45) is 4.99 Å². The van der Waals surface area contributed by atoms with Crippen LogP contribution in [0, 0.1) is 0 Å². The van der Waals surface area contributed by atoms with E-state index in [1.807, 2.05) is 0 Å². The summed E-state index contributed by atoms with van der Waals surface area (Å²) in [4.78, 5) is 6.86. The number of likely N-dealkylation sites (N-methyl/N-ethyl adjacent to an activating group) is 1. The van der Waals surface area contributed by atoms with Crippen molar-refractivity contribution in [2.75, 3.05) is 33.3 Å². The van der Waals surface area contributed by atoms with E-state index in [1.54, 1.807) is 0 Å². The molecule has 2 rings (SSSR count). The van der Waals surface area contributed by atoms with Crippen molar-refractivity contribution in [3.63, 3.8) is 0 Å². The van der Waals surface area contributed by atoms with Crippen LogP contribution in [0.25, 0.3) is 0 Å². The molecule has 3 nitrogen and oxygen atoms in total. The van der Waals surface area contributed by atoms with E-state index in [0.29, 0.717) is 6.10 Å². The van der Waals surface area contributed by atoms with Gasteiger partial charge in [0.05, 0.1) is 0 Å². The second-order valence-electron chi connectivity index (χ2n) is 3.60. The van der Waals surface area contributed by atoms with Gasteiger partial charge in [0, 0.05) is 38.4 Å². The Kier molecular flexibility index (Phi) is 2.42. The molecule has 0 aromatic carbocycles. The molecule has 0 radical (unpaired) electrons. The van der Waals surface area contributed by atoms with Crippen LogP contribution in [0.1, 0.15) is 12.8 Å². The third-order valence-corrected chi connectivity index (χ3v) is 2.54. The minimum atomic E-state index is 0.297. The Balaban J connectivity index is 2.05. The van der Waals surface area contributed by atoms with Gasteiger partial charge < -0.3 is 9.64 Å². The Hall–Kier alpha value is -0.410. The first-order chi connectivity index (χ1) is 5.86. The van der Waals surface area contributed by atoms with Crippen molar-refractivity contribution in [3.05, 3.63) is 0 Å². The highest BCUT2D eigenvalue weighted by molar-refractivity contribution is 5.90. The second-order valence-corrected chi connectivity index (χ2v) is 3.60. The molecule has 12 heavy (non-hydrogen) atoms. The average Bonchev–Trinajstić information content (AvgIpc) is 2.28. The molecule has 3 heteroatoms. The number of aliphatic imine (C=N–C) groups is 1. The molecule has 0 aromatic rings. The summed E-state index contributed by atoms with van der Waals surface area (Å²) in [6, 6.07) is 0. The minimum absolute atomic E-state index is 0.297. The van der Waals surface area contributed by atoms with Gasteiger partial charge in [0.25, 0.3) is 0 Å². The van der Waals surface area contributed by atoms with E-state index in [2.05, 4.69) is 16.9 Å². The molecule has 1 atom stereocenters. The molecular formula is C9H16N2O. The lowest BCUT2D eigenvalue weighted by atomic mass is 10.1. The van der Waals surface area contributed by atoms with E-state index in [-0.39, 0.29) is 0 Å². The van der Waals surface area contributed by atoms with Crippen molar-refractivity contribution in [3.8, 4) is 0 Å². The van der Waals surface area contributed by atoms with Crippen molar-refractivity contribution in [1.29, 1.82) is 0 Å². The molecule has 0 aliphatic carbocycles. The fraction of sp³-hybridized carbons (Fsp3) is 0.889. The molecule has 0 amide bonds. The Morgan fingerprint density at radius 3 is 3.42 bits per heavy atom. The van der Waals surface area contributed by atoms with Gasteiger partial charge in [0.2, 0.25) is 0 Å². The van der Waals surface area contributed by atoms with E-state index >= 15 is 0 Å². The van der Waals surface area contributed by atoms with E-state index in [0.717, 1.165) is 39.1 Å². The summed E-state index contributed by atoms with van der Waals surface area (Å²) in [5.74, 6) is 0. The smallest absolute Gasteiger partial charge is 0.108 e. The molecule has 0 N–H and O–H groups in total. The number of nitrogens with zero attached hydrogens (tertiary/aromatic N) is 2. The highest BCUT2D eigenvalue weighted by Gasteiger charge is 2.24. The molecule has 0 spiro atoms. The number of hydrogen-bond donors (Lipinski definition) is 0. The summed E-state index contributed by atoms with van der Waals surface area (Å²) in [5, 5.41) is 0. The largest absolute Gasteiger partial charge is 0.371 e. The molecule has 2 aliphatic heterocycles. The van der Waals surface area contributed by atoms with Gasteiger partial charge >= 0.3 is 0 Å². The van der Waals surface area contributed by atoms with Crippen LogP contribution in [0.15, 0.2) is 4.99 Å². The summed E-state index contributed by atoms with van der Waals surface area (Å²) in [6.07, 6.45) is 2.48. The van der Waals surface area contributed by atoms with Gasteiger partial charge in [-0.25, -0.2) is 0 Å². The second kappa shape index (κ2) is 3.54. The number of ether oxygens (including phenoxy) is 1. The first-order valence-corrected chi connectivity index (χ1v) is 4.69. The zero-order valence-electron chi connectivity index (χ0n) is 7.62. The fourth-order valence-electron chi connectivity index (χ4n) is 1.79. The third-order valence-electron chi connectivity index (χ3n) is 2.54. The third kappa shape index (κ3) is 1.67. The van der Waals surface area contributed by atoms with E-state index in [9.17, 15) is 0 Å². The van der Waals surface area contributed by atoms with Crippen molar-refractivity contribution in [2.45, 2.75) is 18.9 Å². The first kappa shape index (κ1) is 8.20. The Labute approximate surface area is 73.4 Å². The predicted octanol–water partition coefficient (Wildman–Crippen LogP) is 0.552. The summed E-state index contributed by atoms with van der Waals surface area (Å²) < 4.78 is 5.70. The molecule has 68 valence electrons. The molecule has 1 fully saturated rings.